The van der Waals surface area contributed by atoms with Gasteiger partial charge in [-0.05, 0) is 55.2 Å². The molecule has 0 bridgehead atoms. The number of hydrogen-bond donors (Lipinski definition) is 1. The Kier molecular flexibility index (Phi) is 7.39. The average Bonchev–Trinajstić information content (AvgIpc) is 2.74. The molecule has 0 atom stereocenters. The number of nitrogens with one attached hydrogen (secondary N) is 1. The van der Waals surface area contributed by atoms with E-state index in [9.17, 15) is 9.59 Å². The van der Waals surface area contributed by atoms with E-state index in [4.69, 9.17) is 0 Å². The molecule has 2 aromatic rings. The summed E-state index contributed by atoms with van der Waals surface area (Å²) in [6.45, 7) is 6.33. The van der Waals surface area contributed by atoms with Crippen molar-refractivity contribution in [3.8, 4) is 0 Å². The molecule has 29 heavy (non-hydrogen) atoms. The smallest absolute Gasteiger partial charge is 0.272 e. The fraction of sp³-hybridized carbons (Fsp3) is 0.458. The van der Waals surface area contributed by atoms with Crippen LogP contribution in [-0.2, 0) is 6.42 Å². The molecule has 0 radical (unpaired) electrons. The molecule has 0 spiro atoms. The standard InChI is InChI=1S/C24H31N3O2/c1-18(2)11-14-25-23(28)21-9-6-10-22(26-21)24(29)27-15-12-20(13-16-27)17-19-7-4-3-5-8-19/h3-10,18,20H,11-17H2,1-2H3,(H,25,28). The third-order valence-corrected chi connectivity index (χ3v) is 5.48. The topological polar surface area (TPSA) is 62.3 Å². The monoisotopic (exact) mass is 393 g/mol. The molecule has 2 heterocycles. The van der Waals surface area contributed by atoms with Crippen LogP contribution in [-0.4, -0.2) is 41.3 Å². The molecule has 1 aliphatic heterocycles. The van der Waals surface area contributed by atoms with E-state index in [2.05, 4.69) is 48.4 Å². The molecule has 3 rings (SSSR count). The molecule has 0 saturated carbocycles. The summed E-state index contributed by atoms with van der Waals surface area (Å²) in [5, 5.41) is 2.88. The van der Waals surface area contributed by atoms with Gasteiger partial charge in [0.15, 0.2) is 0 Å². The van der Waals surface area contributed by atoms with Gasteiger partial charge in [-0.25, -0.2) is 4.98 Å². The minimum absolute atomic E-state index is 0.0833. The molecule has 1 aromatic heterocycles. The first kappa shape index (κ1) is 21.0. The van der Waals surface area contributed by atoms with Gasteiger partial charge >= 0.3 is 0 Å². The third-order valence-electron chi connectivity index (χ3n) is 5.48. The van der Waals surface area contributed by atoms with Gasteiger partial charge in [0, 0.05) is 19.6 Å². The Morgan fingerprint density at radius 2 is 1.72 bits per heavy atom. The first-order chi connectivity index (χ1) is 14.0. The van der Waals surface area contributed by atoms with Gasteiger partial charge in [-0.15, -0.1) is 0 Å². The Labute approximate surface area is 173 Å². The molecule has 2 amide bonds. The van der Waals surface area contributed by atoms with Crippen molar-refractivity contribution in [1.82, 2.24) is 15.2 Å². The molecule has 1 fully saturated rings. The maximum absolute atomic E-state index is 12.9. The highest BCUT2D eigenvalue weighted by Crippen LogP contribution is 2.22. The van der Waals surface area contributed by atoms with Crippen LogP contribution in [0.25, 0.3) is 0 Å². The van der Waals surface area contributed by atoms with E-state index in [0.717, 1.165) is 38.8 Å². The Morgan fingerprint density at radius 3 is 2.41 bits per heavy atom. The van der Waals surface area contributed by atoms with Crippen LogP contribution in [0.15, 0.2) is 48.5 Å². The minimum atomic E-state index is -0.220. The number of benzene rings is 1. The zero-order valence-electron chi connectivity index (χ0n) is 17.4. The van der Waals surface area contributed by atoms with Crippen molar-refractivity contribution in [3.05, 3.63) is 65.5 Å². The van der Waals surface area contributed by atoms with Gasteiger partial charge in [-0.2, -0.15) is 0 Å². The van der Waals surface area contributed by atoms with Gasteiger partial charge in [-0.1, -0.05) is 50.2 Å². The lowest BCUT2D eigenvalue weighted by molar-refractivity contribution is 0.0684. The van der Waals surface area contributed by atoms with E-state index in [0.29, 0.717) is 29.8 Å². The number of carbonyl (C=O) groups excluding carboxylic acids is 2. The first-order valence-electron chi connectivity index (χ1n) is 10.6. The van der Waals surface area contributed by atoms with E-state index >= 15 is 0 Å². The van der Waals surface area contributed by atoms with Crippen LogP contribution in [0.1, 0.15) is 59.7 Å². The van der Waals surface area contributed by atoms with Gasteiger partial charge in [-0.3, -0.25) is 9.59 Å². The zero-order chi connectivity index (χ0) is 20.6. The summed E-state index contributed by atoms with van der Waals surface area (Å²) in [7, 11) is 0. The van der Waals surface area contributed by atoms with Crippen molar-refractivity contribution in [2.24, 2.45) is 11.8 Å². The van der Waals surface area contributed by atoms with E-state index in [-0.39, 0.29) is 11.8 Å². The Morgan fingerprint density at radius 1 is 1.03 bits per heavy atom. The fourth-order valence-corrected chi connectivity index (χ4v) is 3.69. The van der Waals surface area contributed by atoms with Crippen LogP contribution in [0.5, 0.6) is 0 Å². The predicted octanol–water partition coefficient (Wildman–Crippen LogP) is 3.95. The second-order valence-electron chi connectivity index (χ2n) is 8.27. The van der Waals surface area contributed by atoms with Crippen molar-refractivity contribution in [2.75, 3.05) is 19.6 Å². The van der Waals surface area contributed by atoms with Crippen LogP contribution in [0.4, 0.5) is 0 Å². The van der Waals surface area contributed by atoms with Crippen molar-refractivity contribution in [1.29, 1.82) is 0 Å². The van der Waals surface area contributed by atoms with Crippen molar-refractivity contribution in [3.63, 3.8) is 0 Å². The minimum Gasteiger partial charge on any atom is -0.351 e. The summed E-state index contributed by atoms with van der Waals surface area (Å²) >= 11 is 0. The normalized spacial score (nSPS) is 14.8. The average molecular weight is 394 g/mol. The van der Waals surface area contributed by atoms with E-state index in [1.165, 1.54) is 5.56 Å². The van der Waals surface area contributed by atoms with Gasteiger partial charge in [0.2, 0.25) is 0 Å². The predicted molar refractivity (Wildman–Crippen MR) is 115 cm³/mol. The van der Waals surface area contributed by atoms with Crippen LogP contribution < -0.4 is 5.32 Å². The molecule has 1 N–H and O–H groups in total. The summed E-state index contributed by atoms with van der Waals surface area (Å²) in [6.07, 6.45) is 3.97. The molecule has 1 aromatic carbocycles. The number of pyridine rings is 1. The highest BCUT2D eigenvalue weighted by atomic mass is 16.2. The molecule has 1 saturated heterocycles. The van der Waals surface area contributed by atoms with Crippen LogP contribution in [0.2, 0.25) is 0 Å². The lowest BCUT2D eigenvalue weighted by atomic mass is 9.90. The van der Waals surface area contributed by atoms with Crippen molar-refractivity contribution >= 4 is 11.8 Å². The van der Waals surface area contributed by atoms with Gasteiger partial charge in [0.05, 0.1) is 0 Å². The Balaban J connectivity index is 1.53. The van der Waals surface area contributed by atoms with Crippen LogP contribution in [0.3, 0.4) is 0 Å². The second-order valence-corrected chi connectivity index (χ2v) is 8.27. The van der Waals surface area contributed by atoms with Gasteiger partial charge in [0.25, 0.3) is 11.8 Å². The molecule has 154 valence electrons. The summed E-state index contributed by atoms with van der Waals surface area (Å²) in [5.41, 5.74) is 2.01. The largest absolute Gasteiger partial charge is 0.351 e. The molecule has 0 unspecified atom stereocenters. The van der Waals surface area contributed by atoms with E-state index < -0.39 is 0 Å². The van der Waals surface area contributed by atoms with Crippen molar-refractivity contribution in [2.45, 2.75) is 39.5 Å². The molecular weight excluding hydrogens is 362 g/mol. The number of likely N-dealkylation sites (tertiary alicyclic amines) is 1. The quantitative estimate of drug-likeness (QED) is 0.775. The van der Waals surface area contributed by atoms with Gasteiger partial charge in [0.1, 0.15) is 11.4 Å². The number of aromatic nitrogens is 1. The lowest BCUT2D eigenvalue weighted by Crippen LogP contribution is -2.39. The van der Waals surface area contributed by atoms with E-state index in [1.54, 1.807) is 18.2 Å². The lowest BCUT2D eigenvalue weighted by Gasteiger charge is -2.32. The number of rotatable bonds is 7. The third kappa shape index (κ3) is 6.14. The van der Waals surface area contributed by atoms with E-state index in [1.807, 2.05) is 11.0 Å². The molecule has 5 heteroatoms. The zero-order valence-corrected chi connectivity index (χ0v) is 17.4. The Hall–Kier alpha value is -2.69. The van der Waals surface area contributed by atoms with Gasteiger partial charge < -0.3 is 10.2 Å². The van der Waals surface area contributed by atoms with Crippen LogP contribution >= 0.6 is 0 Å². The Bertz CT molecular complexity index is 812. The second kappa shape index (κ2) is 10.2. The van der Waals surface area contributed by atoms with Crippen LogP contribution in [0, 0.1) is 11.8 Å². The SMILES string of the molecule is CC(C)CCNC(=O)c1cccc(C(=O)N2CCC(Cc3ccccc3)CC2)n1. The molecular formula is C24H31N3O2. The molecule has 5 nitrogen and oxygen atoms in total. The summed E-state index contributed by atoms with van der Waals surface area (Å²) < 4.78 is 0. The summed E-state index contributed by atoms with van der Waals surface area (Å²) in [6, 6.07) is 15.6. The fourth-order valence-electron chi connectivity index (χ4n) is 3.69. The molecule has 0 aliphatic carbocycles. The summed E-state index contributed by atoms with van der Waals surface area (Å²) in [4.78, 5) is 31.4. The number of hydrogen-bond acceptors (Lipinski definition) is 3. The number of amides is 2. The number of carbonyl (C=O) groups is 2. The highest BCUT2D eigenvalue weighted by molar-refractivity contribution is 5.96. The number of piperidine rings is 1. The van der Waals surface area contributed by atoms with Crippen molar-refractivity contribution < 1.29 is 9.59 Å². The maximum Gasteiger partial charge on any atom is 0.272 e. The molecule has 1 aliphatic rings. The summed E-state index contributed by atoms with van der Waals surface area (Å²) in [5.74, 6) is 0.829. The highest BCUT2D eigenvalue weighted by Gasteiger charge is 2.25. The maximum atomic E-state index is 12.9. The number of nitrogens with zero attached hydrogens (tertiary/aromatic N) is 2. The first-order valence-corrected chi connectivity index (χ1v) is 10.6.